The molecule has 1 saturated heterocycles. The Morgan fingerprint density at radius 2 is 1.81 bits per heavy atom. The zero-order chi connectivity index (χ0) is 19.9. The second-order valence-electron chi connectivity index (χ2n) is 7.96. The molecule has 0 radical (unpaired) electrons. The van der Waals surface area contributed by atoms with Gasteiger partial charge in [0.15, 0.2) is 0 Å². The Kier molecular flexibility index (Phi) is 7.59. The largest absolute Gasteiger partial charge is 0.478 e. The number of aromatic nitrogens is 1. The number of carboxylic acids is 1. The minimum atomic E-state index is -0.944. The number of piperazine rings is 1. The Morgan fingerprint density at radius 3 is 2.37 bits per heavy atom. The van der Waals surface area contributed by atoms with Gasteiger partial charge in [0.1, 0.15) is 5.60 Å². The van der Waals surface area contributed by atoms with E-state index in [2.05, 4.69) is 9.88 Å². The number of carboxylic acid groups (broad SMARTS) is 1. The van der Waals surface area contributed by atoms with Gasteiger partial charge >= 0.3 is 12.1 Å². The molecule has 1 aliphatic heterocycles. The molecule has 2 rings (SSSR count). The van der Waals surface area contributed by atoms with E-state index in [1.54, 1.807) is 17.0 Å². The Morgan fingerprint density at radius 1 is 1.11 bits per heavy atom. The van der Waals surface area contributed by atoms with Crippen LogP contribution in [0.4, 0.5) is 4.79 Å². The smallest absolute Gasteiger partial charge is 0.410 e. The summed E-state index contributed by atoms with van der Waals surface area (Å²) in [6, 6.07) is 3.40. The average molecular weight is 377 g/mol. The molecule has 0 atom stereocenters. The molecule has 7 heteroatoms. The van der Waals surface area contributed by atoms with Crippen LogP contribution in [0.2, 0.25) is 0 Å². The molecule has 27 heavy (non-hydrogen) atoms. The molecule has 0 unspecified atom stereocenters. The number of aromatic carboxylic acids is 1. The third kappa shape index (κ3) is 7.54. The standard InChI is InChI=1S/C20H31N3O4/c1-20(2,3)27-19(26)23-13-11-22(12-14-23)10-6-4-5-7-17-9-8-16(15-21-17)18(24)25/h8-9,15H,4-7,10-14H2,1-3H3,(H,24,25). The van der Waals surface area contributed by atoms with Crippen molar-refractivity contribution in [3.63, 3.8) is 0 Å². The highest BCUT2D eigenvalue weighted by Crippen LogP contribution is 2.13. The van der Waals surface area contributed by atoms with Gasteiger partial charge in [0.05, 0.1) is 5.56 Å². The number of carbonyl (C=O) groups excluding carboxylic acids is 1. The van der Waals surface area contributed by atoms with Crippen molar-refractivity contribution < 1.29 is 19.4 Å². The minimum Gasteiger partial charge on any atom is -0.478 e. The molecule has 1 fully saturated rings. The number of hydrogen-bond acceptors (Lipinski definition) is 5. The summed E-state index contributed by atoms with van der Waals surface area (Å²) in [6.07, 6.45) is 5.32. The molecule has 1 N–H and O–H groups in total. The van der Waals surface area contributed by atoms with Crippen LogP contribution in [0.1, 0.15) is 56.1 Å². The van der Waals surface area contributed by atoms with Gasteiger partial charge in [0.2, 0.25) is 0 Å². The van der Waals surface area contributed by atoms with Crippen LogP contribution in [0.3, 0.4) is 0 Å². The van der Waals surface area contributed by atoms with E-state index in [9.17, 15) is 9.59 Å². The molecule has 0 bridgehead atoms. The molecule has 0 saturated carbocycles. The Balaban J connectivity index is 1.58. The molecule has 0 aromatic carbocycles. The third-order valence-corrected chi connectivity index (χ3v) is 4.50. The van der Waals surface area contributed by atoms with Crippen LogP contribution in [-0.4, -0.2) is 70.3 Å². The molecule has 1 aromatic rings. The van der Waals surface area contributed by atoms with E-state index in [0.29, 0.717) is 0 Å². The summed E-state index contributed by atoms with van der Waals surface area (Å²) in [4.78, 5) is 31.2. The molecule has 2 heterocycles. The lowest BCUT2D eigenvalue weighted by atomic mass is 10.1. The molecule has 1 aliphatic rings. The van der Waals surface area contributed by atoms with Gasteiger partial charge in [-0.25, -0.2) is 9.59 Å². The van der Waals surface area contributed by atoms with Crippen LogP contribution in [0, 0.1) is 0 Å². The van der Waals surface area contributed by atoms with Crippen molar-refractivity contribution in [2.75, 3.05) is 32.7 Å². The van der Waals surface area contributed by atoms with Gasteiger partial charge in [0.25, 0.3) is 0 Å². The van der Waals surface area contributed by atoms with E-state index in [-0.39, 0.29) is 11.7 Å². The Labute approximate surface area is 161 Å². The first-order valence-corrected chi connectivity index (χ1v) is 9.63. The normalized spacial score (nSPS) is 15.6. The zero-order valence-corrected chi connectivity index (χ0v) is 16.6. The summed E-state index contributed by atoms with van der Waals surface area (Å²) in [5, 5.41) is 8.87. The maximum Gasteiger partial charge on any atom is 0.410 e. The molecular weight excluding hydrogens is 346 g/mol. The molecule has 1 amide bonds. The fraction of sp³-hybridized carbons (Fsp3) is 0.650. The lowest BCUT2D eigenvalue weighted by Gasteiger charge is -2.35. The van der Waals surface area contributed by atoms with Crippen LogP contribution in [0.5, 0.6) is 0 Å². The van der Waals surface area contributed by atoms with E-state index in [4.69, 9.17) is 9.84 Å². The van der Waals surface area contributed by atoms with Crippen molar-refractivity contribution in [1.29, 1.82) is 0 Å². The highest BCUT2D eigenvalue weighted by molar-refractivity contribution is 5.87. The summed E-state index contributed by atoms with van der Waals surface area (Å²) >= 11 is 0. The number of rotatable bonds is 7. The summed E-state index contributed by atoms with van der Waals surface area (Å²) in [6.45, 7) is 9.90. The van der Waals surface area contributed by atoms with Crippen molar-refractivity contribution in [2.24, 2.45) is 0 Å². The number of hydrogen-bond donors (Lipinski definition) is 1. The first-order chi connectivity index (χ1) is 12.7. The highest BCUT2D eigenvalue weighted by atomic mass is 16.6. The molecular formula is C20H31N3O4. The highest BCUT2D eigenvalue weighted by Gasteiger charge is 2.25. The van der Waals surface area contributed by atoms with Gasteiger partial charge < -0.3 is 14.7 Å². The van der Waals surface area contributed by atoms with Gasteiger partial charge in [-0.15, -0.1) is 0 Å². The van der Waals surface area contributed by atoms with Crippen LogP contribution >= 0.6 is 0 Å². The fourth-order valence-electron chi connectivity index (χ4n) is 3.00. The van der Waals surface area contributed by atoms with Crippen molar-refractivity contribution in [1.82, 2.24) is 14.8 Å². The minimum absolute atomic E-state index is 0.219. The fourth-order valence-corrected chi connectivity index (χ4v) is 3.00. The van der Waals surface area contributed by atoms with Gasteiger partial charge in [-0.05, 0) is 58.7 Å². The monoisotopic (exact) mass is 377 g/mol. The van der Waals surface area contributed by atoms with Crippen LogP contribution in [0.15, 0.2) is 18.3 Å². The maximum absolute atomic E-state index is 12.1. The number of pyridine rings is 1. The quantitative estimate of drug-likeness (QED) is 0.736. The van der Waals surface area contributed by atoms with Crippen LogP contribution in [0.25, 0.3) is 0 Å². The van der Waals surface area contributed by atoms with Crippen molar-refractivity contribution in [2.45, 2.75) is 52.1 Å². The van der Waals surface area contributed by atoms with Gasteiger partial charge in [-0.2, -0.15) is 0 Å². The van der Waals surface area contributed by atoms with E-state index in [0.717, 1.165) is 64.1 Å². The SMILES string of the molecule is CC(C)(C)OC(=O)N1CCN(CCCCCc2ccc(C(=O)O)cn2)CC1. The number of aryl methyl sites for hydroxylation is 1. The summed E-state index contributed by atoms with van der Waals surface area (Å²) < 4.78 is 5.42. The lowest BCUT2D eigenvalue weighted by Crippen LogP contribution is -2.50. The first kappa shape index (κ1) is 21.2. The van der Waals surface area contributed by atoms with E-state index in [1.807, 2.05) is 20.8 Å². The molecule has 0 spiro atoms. The third-order valence-electron chi connectivity index (χ3n) is 4.50. The number of ether oxygens (including phenoxy) is 1. The van der Waals surface area contributed by atoms with Crippen molar-refractivity contribution in [3.05, 3.63) is 29.6 Å². The summed E-state index contributed by atoms with van der Waals surface area (Å²) in [5.41, 5.74) is 0.715. The molecule has 0 aliphatic carbocycles. The zero-order valence-electron chi connectivity index (χ0n) is 16.6. The second kappa shape index (κ2) is 9.69. The summed E-state index contributed by atoms with van der Waals surface area (Å²) in [7, 11) is 0. The van der Waals surface area contributed by atoms with E-state index in [1.165, 1.54) is 6.20 Å². The summed E-state index contributed by atoms with van der Waals surface area (Å²) in [5.74, 6) is -0.944. The van der Waals surface area contributed by atoms with E-state index < -0.39 is 11.6 Å². The molecule has 1 aromatic heterocycles. The van der Waals surface area contributed by atoms with E-state index >= 15 is 0 Å². The predicted molar refractivity (Wildman–Crippen MR) is 103 cm³/mol. The Bertz CT molecular complexity index is 617. The topological polar surface area (TPSA) is 83.0 Å². The number of nitrogens with zero attached hydrogens (tertiary/aromatic N) is 3. The predicted octanol–water partition coefficient (Wildman–Crippen LogP) is 3.05. The molecule has 150 valence electrons. The Hall–Kier alpha value is -2.15. The van der Waals surface area contributed by atoms with Gasteiger partial charge in [0, 0.05) is 38.1 Å². The lowest BCUT2D eigenvalue weighted by molar-refractivity contribution is 0.0144. The first-order valence-electron chi connectivity index (χ1n) is 9.63. The van der Waals surface area contributed by atoms with Crippen molar-refractivity contribution >= 4 is 12.1 Å². The maximum atomic E-state index is 12.1. The van der Waals surface area contributed by atoms with Gasteiger partial charge in [-0.3, -0.25) is 9.88 Å². The van der Waals surface area contributed by atoms with Crippen LogP contribution in [-0.2, 0) is 11.2 Å². The number of unbranched alkanes of at least 4 members (excludes halogenated alkanes) is 2. The number of amides is 1. The second-order valence-corrected chi connectivity index (χ2v) is 7.96. The van der Waals surface area contributed by atoms with Crippen molar-refractivity contribution in [3.8, 4) is 0 Å². The number of carbonyl (C=O) groups is 2. The van der Waals surface area contributed by atoms with Crippen LogP contribution < -0.4 is 0 Å². The van der Waals surface area contributed by atoms with Gasteiger partial charge in [-0.1, -0.05) is 6.42 Å². The average Bonchev–Trinajstić information content (AvgIpc) is 2.61. The molecule has 7 nitrogen and oxygen atoms in total.